The van der Waals surface area contributed by atoms with E-state index in [1.807, 2.05) is 6.92 Å². The lowest BCUT2D eigenvalue weighted by Crippen LogP contribution is -2.14. The van der Waals surface area contributed by atoms with Gasteiger partial charge in [-0.3, -0.25) is 9.59 Å². The molecule has 0 aromatic rings. The summed E-state index contributed by atoms with van der Waals surface area (Å²) in [7, 11) is 0. The average molecular weight is 455 g/mol. The highest BCUT2D eigenvalue weighted by Crippen LogP contribution is 2.15. The van der Waals surface area contributed by atoms with Crippen molar-refractivity contribution in [2.45, 2.75) is 168 Å². The molecule has 1 atom stereocenters. The zero-order valence-corrected chi connectivity index (χ0v) is 21.5. The standard InChI is InChI=1S/C28H54O4/c1-3-4-5-6-7-8-9-10-11-12-13-14-15-16-17-18-19-20-23-26(2)32-28(31)25-22-21-24-27(29)30/h26H,3-25H2,1-2H3,(H,29,30). The lowest BCUT2D eigenvalue weighted by Gasteiger charge is -2.13. The van der Waals surface area contributed by atoms with Crippen LogP contribution in [0.3, 0.4) is 0 Å². The van der Waals surface area contributed by atoms with Crippen molar-refractivity contribution >= 4 is 11.9 Å². The summed E-state index contributed by atoms with van der Waals surface area (Å²) in [6.45, 7) is 4.24. The maximum absolute atomic E-state index is 11.7. The molecule has 0 spiro atoms. The van der Waals surface area contributed by atoms with Crippen LogP contribution >= 0.6 is 0 Å². The minimum Gasteiger partial charge on any atom is -0.481 e. The number of hydrogen-bond donors (Lipinski definition) is 1. The van der Waals surface area contributed by atoms with Gasteiger partial charge in [-0.25, -0.2) is 0 Å². The third-order valence-corrected chi connectivity index (χ3v) is 6.32. The monoisotopic (exact) mass is 454 g/mol. The molecule has 0 amide bonds. The molecule has 1 unspecified atom stereocenters. The molecule has 0 saturated carbocycles. The molecule has 0 saturated heterocycles. The number of unbranched alkanes of at least 4 members (excludes halogenated alkanes) is 18. The molecule has 32 heavy (non-hydrogen) atoms. The van der Waals surface area contributed by atoms with Crippen LogP contribution in [0.1, 0.15) is 162 Å². The molecule has 0 aliphatic heterocycles. The van der Waals surface area contributed by atoms with Gasteiger partial charge in [0.25, 0.3) is 0 Å². The predicted octanol–water partition coefficient (Wildman–Crippen LogP) is 8.99. The molecule has 0 aliphatic rings. The van der Waals surface area contributed by atoms with Crippen molar-refractivity contribution in [3.63, 3.8) is 0 Å². The zero-order valence-electron chi connectivity index (χ0n) is 21.5. The highest BCUT2D eigenvalue weighted by atomic mass is 16.5. The van der Waals surface area contributed by atoms with Crippen LogP contribution in [0.5, 0.6) is 0 Å². The van der Waals surface area contributed by atoms with Gasteiger partial charge in [0.2, 0.25) is 0 Å². The van der Waals surface area contributed by atoms with E-state index in [0.29, 0.717) is 19.3 Å². The first-order chi connectivity index (χ1) is 15.6. The molecular weight excluding hydrogens is 400 g/mol. The number of carboxylic acids is 1. The predicted molar refractivity (Wildman–Crippen MR) is 135 cm³/mol. The van der Waals surface area contributed by atoms with Gasteiger partial charge in [0.15, 0.2) is 0 Å². The van der Waals surface area contributed by atoms with Crippen molar-refractivity contribution in [3.8, 4) is 0 Å². The first-order valence-electron chi connectivity index (χ1n) is 14.0. The number of carboxylic acid groups (broad SMARTS) is 1. The maximum Gasteiger partial charge on any atom is 0.306 e. The van der Waals surface area contributed by atoms with Crippen molar-refractivity contribution in [2.24, 2.45) is 0 Å². The summed E-state index contributed by atoms with van der Waals surface area (Å²) in [5.41, 5.74) is 0. The Morgan fingerprint density at radius 3 is 1.38 bits per heavy atom. The van der Waals surface area contributed by atoms with E-state index in [0.717, 1.165) is 12.8 Å². The maximum atomic E-state index is 11.7. The molecular formula is C28H54O4. The molecule has 0 aliphatic carbocycles. The first-order valence-corrected chi connectivity index (χ1v) is 14.0. The van der Waals surface area contributed by atoms with Crippen LogP contribution in [-0.4, -0.2) is 23.1 Å². The van der Waals surface area contributed by atoms with Crippen LogP contribution in [0.2, 0.25) is 0 Å². The molecule has 0 fully saturated rings. The van der Waals surface area contributed by atoms with Gasteiger partial charge in [-0.15, -0.1) is 0 Å². The summed E-state index contributed by atoms with van der Waals surface area (Å²) in [5, 5.41) is 8.59. The smallest absolute Gasteiger partial charge is 0.306 e. The topological polar surface area (TPSA) is 63.6 Å². The van der Waals surface area contributed by atoms with Gasteiger partial charge in [0.1, 0.15) is 0 Å². The number of rotatable bonds is 25. The Morgan fingerprint density at radius 2 is 0.969 bits per heavy atom. The molecule has 4 heteroatoms. The van der Waals surface area contributed by atoms with Crippen molar-refractivity contribution in [2.75, 3.05) is 0 Å². The molecule has 0 radical (unpaired) electrons. The SMILES string of the molecule is CCCCCCCCCCCCCCCCCCCCC(C)OC(=O)CCCCC(=O)O. The molecule has 0 aromatic carbocycles. The molecule has 0 rings (SSSR count). The summed E-state index contributed by atoms with van der Waals surface area (Å²) >= 11 is 0. The van der Waals surface area contributed by atoms with Gasteiger partial charge in [-0.05, 0) is 32.6 Å². The van der Waals surface area contributed by atoms with Crippen molar-refractivity contribution in [3.05, 3.63) is 0 Å². The Hall–Kier alpha value is -1.06. The number of carbonyl (C=O) groups is 2. The second-order valence-corrected chi connectivity index (χ2v) is 9.70. The van der Waals surface area contributed by atoms with Crippen LogP contribution in [0.15, 0.2) is 0 Å². The highest BCUT2D eigenvalue weighted by Gasteiger charge is 2.09. The molecule has 190 valence electrons. The van der Waals surface area contributed by atoms with Crippen LogP contribution in [0, 0.1) is 0 Å². The molecule has 0 aromatic heterocycles. The summed E-state index contributed by atoms with van der Waals surface area (Å²) < 4.78 is 5.40. The Bertz CT molecular complexity index is 422. The van der Waals surface area contributed by atoms with Crippen molar-refractivity contribution in [1.82, 2.24) is 0 Å². The highest BCUT2D eigenvalue weighted by molar-refractivity contribution is 5.70. The van der Waals surface area contributed by atoms with Crippen LogP contribution in [0.25, 0.3) is 0 Å². The Morgan fingerprint density at radius 1 is 0.594 bits per heavy atom. The van der Waals surface area contributed by atoms with Crippen molar-refractivity contribution in [1.29, 1.82) is 0 Å². The van der Waals surface area contributed by atoms with E-state index in [4.69, 9.17) is 9.84 Å². The average Bonchev–Trinajstić information content (AvgIpc) is 2.75. The van der Waals surface area contributed by atoms with Gasteiger partial charge >= 0.3 is 11.9 Å². The van der Waals surface area contributed by atoms with Gasteiger partial charge in [-0.1, -0.05) is 116 Å². The molecule has 0 heterocycles. The van der Waals surface area contributed by atoms with E-state index in [1.54, 1.807) is 0 Å². The quantitative estimate of drug-likeness (QED) is 0.110. The van der Waals surface area contributed by atoms with E-state index in [1.165, 1.54) is 109 Å². The normalized spacial score (nSPS) is 12.1. The number of hydrogen-bond acceptors (Lipinski definition) is 3. The summed E-state index contributed by atoms with van der Waals surface area (Å²) in [6.07, 6.45) is 27.3. The van der Waals surface area contributed by atoms with E-state index in [9.17, 15) is 9.59 Å². The number of carbonyl (C=O) groups excluding carboxylic acids is 1. The lowest BCUT2D eigenvalue weighted by atomic mass is 10.0. The lowest BCUT2D eigenvalue weighted by molar-refractivity contribution is -0.149. The number of aliphatic carboxylic acids is 1. The van der Waals surface area contributed by atoms with Gasteiger partial charge in [0.05, 0.1) is 6.10 Å². The molecule has 4 nitrogen and oxygen atoms in total. The van der Waals surface area contributed by atoms with Crippen molar-refractivity contribution < 1.29 is 19.4 Å². The summed E-state index contributed by atoms with van der Waals surface area (Å²) in [5.74, 6) is -0.994. The summed E-state index contributed by atoms with van der Waals surface area (Å²) in [6, 6.07) is 0. The van der Waals surface area contributed by atoms with Crippen LogP contribution in [0.4, 0.5) is 0 Å². The molecule has 1 N–H and O–H groups in total. The number of esters is 1. The van der Waals surface area contributed by atoms with E-state index < -0.39 is 5.97 Å². The van der Waals surface area contributed by atoms with E-state index in [-0.39, 0.29) is 18.5 Å². The largest absolute Gasteiger partial charge is 0.481 e. The van der Waals surface area contributed by atoms with Gasteiger partial charge in [-0.2, -0.15) is 0 Å². The fourth-order valence-corrected chi connectivity index (χ4v) is 4.22. The van der Waals surface area contributed by atoms with Gasteiger partial charge < -0.3 is 9.84 Å². The summed E-state index contributed by atoms with van der Waals surface area (Å²) in [4.78, 5) is 22.2. The first kappa shape index (κ1) is 30.9. The van der Waals surface area contributed by atoms with Crippen LogP contribution in [-0.2, 0) is 14.3 Å². The van der Waals surface area contributed by atoms with E-state index in [2.05, 4.69) is 6.92 Å². The number of ether oxygens (including phenoxy) is 1. The Balaban J connectivity index is 3.23. The fourth-order valence-electron chi connectivity index (χ4n) is 4.22. The third-order valence-electron chi connectivity index (χ3n) is 6.32. The Kier molecular flexibility index (Phi) is 23.8. The van der Waals surface area contributed by atoms with Crippen LogP contribution < -0.4 is 0 Å². The fraction of sp³-hybridized carbons (Fsp3) is 0.929. The second kappa shape index (κ2) is 24.6. The molecule has 0 bridgehead atoms. The van der Waals surface area contributed by atoms with E-state index >= 15 is 0 Å². The Labute approximate surface area is 199 Å². The zero-order chi connectivity index (χ0) is 23.7. The minimum atomic E-state index is -0.805. The van der Waals surface area contributed by atoms with Gasteiger partial charge in [0, 0.05) is 12.8 Å². The minimum absolute atomic E-state index is 0.0250. The third kappa shape index (κ3) is 25.2. The second-order valence-electron chi connectivity index (χ2n) is 9.70.